The fraction of sp³-hybridized carbons (Fsp3) is 0.208. The number of sulfonamides is 1. The van der Waals surface area contributed by atoms with Crippen molar-refractivity contribution in [3.63, 3.8) is 0 Å². The fourth-order valence-corrected chi connectivity index (χ4v) is 5.28. The molecule has 0 fully saturated rings. The van der Waals surface area contributed by atoms with Crippen molar-refractivity contribution in [1.82, 2.24) is 0 Å². The molecular formula is C24H24N2O4S. The summed E-state index contributed by atoms with van der Waals surface area (Å²) in [5, 5.41) is 2.79. The Kier molecular flexibility index (Phi) is 5.69. The van der Waals surface area contributed by atoms with Gasteiger partial charge in [-0.2, -0.15) is 0 Å². The number of amides is 1. The number of benzene rings is 3. The Hall–Kier alpha value is -3.32. The summed E-state index contributed by atoms with van der Waals surface area (Å²) in [6.07, 6.45) is 0.700. The van der Waals surface area contributed by atoms with Crippen molar-refractivity contribution in [2.24, 2.45) is 0 Å². The van der Waals surface area contributed by atoms with Gasteiger partial charge in [-0.25, -0.2) is 8.42 Å². The van der Waals surface area contributed by atoms with Crippen molar-refractivity contribution in [2.75, 3.05) is 22.8 Å². The van der Waals surface area contributed by atoms with E-state index in [9.17, 15) is 13.2 Å². The smallest absolute Gasteiger partial charge is 0.264 e. The van der Waals surface area contributed by atoms with Gasteiger partial charge in [0.25, 0.3) is 15.9 Å². The molecule has 1 aliphatic rings. The molecule has 0 saturated heterocycles. The van der Waals surface area contributed by atoms with Crippen LogP contribution in [0.25, 0.3) is 0 Å². The lowest BCUT2D eigenvalue weighted by Gasteiger charge is -2.20. The molecule has 7 heteroatoms. The van der Waals surface area contributed by atoms with Crippen LogP contribution in [0.2, 0.25) is 0 Å². The second-order valence-corrected chi connectivity index (χ2v) is 9.45. The maximum atomic E-state index is 13.2. The lowest BCUT2D eigenvalue weighted by Crippen LogP contribution is -2.29. The summed E-state index contributed by atoms with van der Waals surface area (Å²) in [5.41, 5.74) is 4.16. The van der Waals surface area contributed by atoms with Crippen molar-refractivity contribution in [3.05, 3.63) is 83.4 Å². The number of aryl methyl sites for hydroxylation is 2. The summed E-state index contributed by atoms with van der Waals surface area (Å²) in [6.45, 7) is 3.98. The van der Waals surface area contributed by atoms with E-state index in [1.54, 1.807) is 19.1 Å². The molecular weight excluding hydrogens is 412 g/mol. The molecule has 6 nitrogen and oxygen atoms in total. The molecule has 1 amide bonds. The molecule has 1 N–H and O–H groups in total. The van der Waals surface area contributed by atoms with E-state index < -0.39 is 10.0 Å². The first-order chi connectivity index (χ1) is 14.8. The number of nitrogens with zero attached hydrogens (tertiary/aromatic N) is 1. The van der Waals surface area contributed by atoms with E-state index in [-0.39, 0.29) is 17.4 Å². The Morgan fingerprint density at radius 1 is 1.03 bits per heavy atom. The highest BCUT2D eigenvalue weighted by molar-refractivity contribution is 7.92. The average molecular weight is 437 g/mol. The van der Waals surface area contributed by atoms with Crippen molar-refractivity contribution in [1.29, 1.82) is 0 Å². The van der Waals surface area contributed by atoms with Crippen LogP contribution in [0.3, 0.4) is 0 Å². The van der Waals surface area contributed by atoms with Crippen LogP contribution >= 0.6 is 0 Å². The number of hydrogen-bond acceptors (Lipinski definition) is 4. The fourth-order valence-electron chi connectivity index (χ4n) is 3.69. The average Bonchev–Trinajstić information content (AvgIpc) is 3.18. The van der Waals surface area contributed by atoms with Crippen LogP contribution in [0.1, 0.15) is 16.7 Å². The lowest BCUT2D eigenvalue weighted by molar-refractivity contribution is -0.118. The third kappa shape index (κ3) is 4.41. The van der Waals surface area contributed by atoms with Crippen molar-refractivity contribution < 1.29 is 17.9 Å². The second-order valence-electron chi connectivity index (χ2n) is 7.59. The van der Waals surface area contributed by atoms with Gasteiger partial charge in [0.05, 0.1) is 10.6 Å². The van der Waals surface area contributed by atoms with Crippen LogP contribution in [-0.4, -0.2) is 27.5 Å². The van der Waals surface area contributed by atoms with Gasteiger partial charge in [0.15, 0.2) is 6.61 Å². The molecule has 1 aliphatic heterocycles. The first-order valence-corrected chi connectivity index (χ1v) is 11.5. The molecule has 0 unspecified atom stereocenters. The zero-order valence-electron chi connectivity index (χ0n) is 17.5. The highest BCUT2D eigenvalue weighted by Crippen LogP contribution is 2.33. The third-order valence-corrected chi connectivity index (χ3v) is 7.05. The maximum Gasteiger partial charge on any atom is 0.264 e. The Balaban J connectivity index is 1.45. The SMILES string of the molecule is Cc1cccc(NC(=O)COc2ccc(S(=O)(=O)N3CCc4ccccc43)cc2C)c1. The van der Waals surface area contributed by atoms with E-state index in [1.165, 1.54) is 10.4 Å². The molecule has 0 saturated carbocycles. The van der Waals surface area contributed by atoms with Gasteiger partial charge in [0.1, 0.15) is 5.75 Å². The van der Waals surface area contributed by atoms with Gasteiger partial charge in [-0.3, -0.25) is 9.10 Å². The minimum Gasteiger partial charge on any atom is -0.483 e. The molecule has 1 heterocycles. The third-order valence-electron chi connectivity index (χ3n) is 5.24. The van der Waals surface area contributed by atoms with E-state index >= 15 is 0 Å². The van der Waals surface area contributed by atoms with E-state index in [0.29, 0.717) is 30.0 Å². The highest BCUT2D eigenvalue weighted by atomic mass is 32.2. The van der Waals surface area contributed by atoms with Crippen LogP contribution in [0, 0.1) is 13.8 Å². The molecule has 0 spiro atoms. The predicted molar refractivity (Wildman–Crippen MR) is 121 cm³/mol. The molecule has 0 aliphatic carbocycles. The predicted octanol–water partition coefficient (Wildman–Crippen LogP) is 4.07. The largest absolute Gasteiger partial charge is 0.483 e. The summed E-state index contributed by atoms with van der Waals surface area (Å²) in [4.78, 5) is 12.4. The van der Waals surface area contributed by atoms with Crippen LogP contribution < -0.4 is 14.4 Å². The Morgan fingerprint density at radius 2 is 1.84 bits per heavy atom. The number of carbonyl (C=O) groups is 1. The number of anilines is 2. The van der Waals surface area contributed by atoms with Crippen LogP contribution in [0.15, 0.2) is 71.6 Å². The minimum absolute atomic E-state index is 0.166. The first-order valence-electron chi connectivity index (χ1n) is 10.1. The molecule has 0 bridgehead atoms. The molecule has 4 rings (SSSR count). The Bertz CT molecular complexity index is 1240. The summed E-state index contributed by atoms with van der Waals surface area (Å²) in [6, 6.07) is 19.8. The minimum atomic E-state index is -3.67. The van der Waals surface area contributed by atoms with Crippen LogP contribution in [0.4, 0.5) is 11.4 Å². The van der Waals surface area contributed by atoms with Crippen molar-refractivity contribution >= 4 is 27.3 Å². The zero-order valence-corrected chi connectivity index (χ0v) is 18.3. The second kappa shape index (κ2) is 8.43. The summed E-state index contributed by atoms with van der Waals surface area (Å²) < 4.78 is 33.4. The van der Waals surface area contributed by atoms with Crippen molar-refractivity contribution in [2.45, 2.75) is 25.2 Å². The standard InChI is InChI=1S/C24H24N2O4S/c1-17-6-5-8-20(14-17)25-24(27)16-30-23-11-10-21(15-18(23)2)31(28,29)26-13-12-19-7-3-4-9-22(19)26/h3-11,14-15H,12-13,16H2,1-2H3,(H,25,27). The molecule has 0 aromatic heterocycles. The number of para-hydroxylation sites is 1. The number of rotatable bonds is 6. The zero-order chi connectivity index (χ0) is 22.0. The van der Waals surface area contributed by atoms with Gasteiger partial charge < -0.3 is 10.1 Å². The summed E-state index contributed by atoms with van der Waals surface area (Å²) in [7, 11) is -3.67. The molecule has 3 aromatic carbocycles. The van der Waals surface area contributed by atoms with E-state index in [0.717, 1.165) is 16.8 Å². The van der Waals surface area contributed by atoms with Gasteiger partial charge in [0, 0.05) is 12.2 Å². The van der Waals surface area contributed by atoms with E-state index in [4.69, 9.17) is 4.74 Å². The van der Waals surface area contributed by atoms with E-state index in [1.807, 2.05) is 55.5 Å². The number of hydrogen-bond donors (Lipinski definition) is 1. The lowest BCUT2D eigenvalue weighted by atomic mass is 10.2. The molecule has 0 atom stereocenters. The highest BCUT2D eigenvalue weighted by Gasteiger charge is 2.30. The number of nitrogens with one attached hydrogen (secondary N) is 1. The topological polar surface area (TPSA) is 75.7 Å². The van der Waals surface area contributed by atoms with E-state index in [2.05, 4.69) is 5.32 Å². The quantitative estimate of drug-likeness (QED) is 0.632. The van der Waals surface area contributed by atoms with Gasteiger partial charge in [-0.1, -0.05) is 30.3 Å². The van der Waals surface area contributed by atoms with Crippen molar-refractivity contribution in [3.8, 4) is 5.75 Å². The number of carbonyl (C=O) groups excluding carboxylic acids is 1. The maximum absolute atomic E-state index is 13.2. The van der Waals surface area contributed by atoms with Crippen LogP contribution in [0.5, 0.6) is 5.75 Å². The molecule has 0 radical (unpaired) electrons. The molecule has 3 aromatic rings. The normalized spacial score (nSPS) is 13.0. The van der Waals surface area contributed by atoms with Crippen LogP contribution in [-0.2, 0) is 21.2 Å². The molecule has 160 valence electrons. The number of ether oxygens (including phenoxy) is 1. The summed E-state index contributed by atoms with van der Waals surface area (Å²) >= 11 is 0. The van der Waals surface area contributed by atoms with Gasteiger partial charge in [-0.15, -0.1) is 0 Å². The number of fused-ring (bicyclic) bond motifs is 1. The molecule has 31 heavy (non-hydrogen) atoms. The Labute approximate surface area is 182 Å². The van der Waals surface area contributed by atoms with Gasteiger partial charge in [-0.05, 0) is 73.4 Å². The monoisotopic (exact) mass is 436 g/mol. The Morgan fingerprint density at radius 3 is 2.61 bits per heavy atom. The summed E-state index contributed by atoms with van der Waals surface area (Å²) in [5.74, 6) is 0.190. The van der Waals surface area contributed by atoms with Gasteiger partial charge in [0.2, 0.25) is 0 Å². The van der Waals surface area contributed by atoms with Gasteiger partial charge >= 0.3 is 0 Å². The first kappa shape index (κ1) is 20.9.